The second-order valence-electron chi connectivity index (χ2n) is 4.87. The molecule has 1 fully saturated rings. The van der Waals surface area contributed by atoms with Gasteiger partial charge in [0.25, 0.3) is 0 Å². The lowest BCUT2D eigenvalue weighted by molar-refractivity contribution is -0.135. The fraction of sp³-hybridized carbons (Fsp3) is 0.429. The Bertz CT molecular complexity index is 512. The van der Waals surface area contributed by atoms with Crippen LogP contribution in [0, 0.1) is 11.6 Å². The van der Waals surface area contributed by atoms with Crippen LogP contribution in [0.15, 0.2) is 18.2 Å². The fourth-order valence-electron chi connectivity index (χ4n) is 1.96. The average Bonchev–Trinajstić information content (AvgIpc) is 3.10. The molecule has 1 aromatic rings. The third-order valence-corrected chi connectivity index (χ3v) is 3.06. The number of amides is 1. The van der Waals surface area contributed by atoms with Crippen molar-refractivity contribution in [2.75, 3.05) is 0 Å². The number of carbonyl (C=O) groups excluding carboxylic acids is 2. The molecule has 0 atom stereocenters. The standard InChI is InChI=1S/C14H15F2NO2/c1-9(18)6-14(19)17(12-4-5-12)8-10-2-3-11(15)7-13(10)16/h2-3,7,12H,4-6,8H2,1H3. The van der Waals surface area contributed by atoms with Gasteiger partial charge in [-0.2, -0.15) is 0 Å². The second kappa shape index (κ2) is 5.47. The molecule has 0 saturated heterocycles. The second-order valence-corrected chi connectivity index (χ2v) is 4.87. The van der Waals surface area contributed by atoms with Crippen molar-refractivity contribution in [1.29, 1.82) is 0 Å². The predicted molar refractivity (Wildman–Crippen MR) is 65.2 cm³/mol. The van der Waals surface area contributed by atoms with Crippen molar-refractivity contribution in [3.05, 3.63) is 35.4 Å². The summed E-state index contributed by atoms with van der Waals surface area (Å²) in [6.45, 7) is 1.43. The Kier molecular flexibility index (Phi) is 3.93. The lowest BCUT2D eigenvalue weighted by atomic mass is 10.1. The molecule has 1 amide bonds. The number of rotatable bonds is 5. The van der Waals surface area contributed by atoms with E-state index < -0.39 is 11.6 Å². The highest BCUT2D eigenvalue weighted by atomic mass is 19.1. The Hall–Kier alpha value is -1.78. The van der Waals surface area contributed by atoms with Gasteiger partial charge in [-0.25, -0.2) is 8.78 Å². The minimum Gasteiger partial charge on any atom is -0.335 e. The Morgan fingerprint density at radius 2 is 2.00 bits per heavy atom. The zero-order valence-electron chi connectivity index (χ0n) is 10.7. The average molecular weight is 267 g/mol. The highest BCUT2D eigenvalue weighted by molar-refractivity contribution is 5.97. The van der Waals surface area contributed by atoms with Gasteiger partial charge < -0.3 is 4.90 Å². The van der Waals surface area contributed by atoms with Crippen molar-refractivity contribution in [2.24, 2.45) is 0 Å². The molecule has 2 rings (SSSR count). The van der Waals surface area contributed by atoms with E-state index >= 15 is 0 Å². The third-order valence-electron chi connectivity index (χ3n) is 3.06. The molecule has 5 heteroatoms. The molecule has 1 saturated carbocycles. The van der Waals surface area contributed by atoms with E-state index in [0.717, 1.165) is 18.9 Å². The van der Waals surface area contributed by atoms with E-state index in [2.05, 4.69) is 0 Å². The van der Waals surface area contributed by atoms with E-state index in [0.29, 0.717) is 0 Å². The first-order valence-electron chi connectivity index (χ1n) is 6.20. The summed E-state index contributed by atoms with van der Waals surface area (Å²) < 4.78 is 26.4. The van der Waals surface area contributed by atoms with Crippen LogP contribution in [0.25, 0.3) is 0 Å². The number of nitrogens with zero attached hydrogens (tertiary/aromatic N) is 1. The number of halogens is 2. The van der Waals surface area contributed by atoms with E-state index in [1.54, 1.807) is 0 Å². The summed E-state index contributed by atoms with van der Waals surface area (Å²) in [4.78, 5) is 24.4. The highest BCUT2D eigenvalue weighted by Gasteiger charge is 2.33. The van der Waals surface area contributed by atoms with Crippen LogP contribution in [0.1, 0.15) is 31.7 Å². The van der Waals surface area contributed by atoms with Gasteiger partial charge in [-0.3, -0.25) is 9.59 Å². The minimum atomic E-state index is -0.665. The molecule has 0 bridgehead atoms. The molecule has 0 aromatic heterocycles. The van der Waals surface area contributed by atoms with Crippen LogP contribution in [-0.4, -0.2) is 22.6 Å². The maximum absolute atomic E-state index is 13.6. The van der Waals surface area contributed by atoms with Crippen LogP contribution in [-0.2, 0) is 16.1 Å². The van der Waals surface area contributed by atoms with Gasteiger partial charge in [-0.05, 0) is 25.8 Å². The first kappa shape index (κ1) is 13.6. The number of benzene rings is 1. The van der Waals surface area contributed by atoms with Crippen LogP contribution >= 0.6 is 0 Å². The Labute approximate surface area is 110 Å². The first-order valence-corrected chi connectivity index (χ1v) is 6.20. The van der Waals surface area contributed by atoms with Gasteiger partial charge in [-0.1, -0.05) is 6.07 Å². The van der Waals surface area contributed by atoms with Crippen LogP contribution in [0.3, 0.4) is 0 Å². The van der Waals surface area contributed by atoms with Gasteiger partial charge in [0, 0.05) is 24.2 Å². The maximum Gasteiger partial charge on any atom is 0.230 e. The van der Waals surface area contributed by atoms with Gasteiger partial charge in [0.2, 0.25) is 5.91 Å². The van der Waals surface area contributed by atoms with Gasteiger partial charge in [0.15, 0.2) is 0 Å². The molecule has 0 unspecified atom stereocenters. The number of Topliss-reactive ketones (excluding diaryl/α,β-unsaturated/α-hetero) is 1. The summed E-state index contributed by atoms with van der Waals surface area (Å²) in [6, 6.07) is 3.38. The molecule has 0 radical (unpaired) electrons. The highest BCUT2D eigenvalue weighted by Crippen LogP contribution is 2.29. The normalized spacial score (nSPS) is 14.3. The zero-order valence-corrected chi connectivity index (χ0v) is 10.7. The van der Waals surface area contributed by atoms with E-state index in [9.17, 15) is 18.4 Å². The van der Waals surface area contributed by atoms with Crippen molar-refractivity contribution in [2.45, 2.75) is 38.8 Å². The summed E-state index contributed by atoms with van der Waals surface area (Å²) in [5.74, 6) is -1.82. The summed E-state index contributed by atoms with van der Waals surface area (Å²) in [5.41, 5.74) is 0.269. The molecule has 0 aliphatic heterocycles. The molecular weight excluding hydrogens is 252 g/mol. The van der Waals surface area contributed by atoms with E-state index in [1.807, 2.05) is 0 Å². The first-order chi connectivity index (χ1) is 8.97. The SMILES string of the molecule is CC(=O)CC(=O)N(Cc1ccc(F)cc1F)C1CC1. The van der Waals surface area contributed by atoms with Crippen molar-refractivity contribution >= 4 is 11.7 Å². The molecule has 0 spiro atoms. The van der Waals surface area contributed by atoms with Crippen molar-refractivity contribution < 1.29 is 18.4 Å². The summed E-state index contributed by atoms with van der Waals surface area (Å²) >= 11 is 0. The number of hydrogen-bond donors (Lipinski definition) is 0. The van der Waals surface area contributed by atoms with Gasteiger partial charge in [0.1, 0.15) is 17.4 Å². The van der Waals surface area contributed by atoms with E-state index in [1.165, 1.54) is 24.0 Å². The molecule has 0 N–H and O–H groups in total. The van der Waals surface area contributed by atoms with E-state index in [4.69, 9.17) is 0 Å². The minimum absolute atomic E-state index is 0.0799. The molecule has 19 heavy (non-hydrogen) atoms. The van der Waals surface area contributed by atoms with Crippen LogP contribution < -0.4 is 0 Å². The molecule has 1 aliphatic rings. The largest absolute Gasteiger partial charge is 0.335 e. The number of ketones is 1. The molecule has 102 valence electrons. The maximum atomic E-state index is 13.6. The van der Waals surface area contributed by atoms with Crippen molar-refractivity contribution in [3.8, 4) is 0 Å². The fourth-order valence-corrected chi connectivity index (χ4v) is 1.96. The Morgan fingerprint density at radius 3 is 2.53 bits per heavy atom. The van der Waals surface area contributed by atoms with Gasteiger partial charge in [-0.15, -0.1) is 0 Å². The molecule has 3 nitrogen and oxygen atoms in total. The zero-order chi connectivity index (χ0) is 14.0. The molecule has 1 aliphatic carbocycles. The smallest absolute Gasteiger partial charge is 0.230 e. The molecule has 0 heterocycles. The van der Waals surface area contributed by atoms with E-state index in [-0.39, 0.29) is 36.3 Å². The number of hydrogen-bond acceptors (Lipinski definition) is 2. The Balaban J connectivity index is 2.12. The summed E-state index contributed by atoms with van der Waals surface area (Å²) in [6.07, 6.45) is 1.57. The topological polar surface area (TPSA) is 37.4 Å². The van der Waals surface area contributed by atoms with Crippen LogP contribution in [0.4, 0.5) is 8.78 Å². The van der Waals surface area contributed by atoms with Crippen LogP contribution in [0.5, 0.6) is 0 Å². The Morgan fingerprint density at radius 1 is 1.32 bits per heavy atom. The van der Waals surface area contributed by atoms with Crippen molar-refractivity contribution in [1.82, 2.24) is 4.90 Å². The van der Waals surface area contributed by atoms with Gasteiger partial charge in [0.05, 0.1) is 6.42 Å². The number of carbonyl (C=O) groups is 2. The third kappa shape index (κ3) is 3.59. The summed E-state index contributed by atoms with van der Waals surface area (Å²) in [7, 11) is 0. The van der Waals surface area contributed by atoms with Crippen LogP contribution in [0.2, 0.25) is 0 Å². The summed E-state index contributed by atoms with van der Waals surface area (Å²) in [5, 5.41) is 0. The lowest BCUT2D eigenvalue weighted by Gasteiger charge is -2.22. The lowest BCUT2D eigenvalue weighted by Crippen LogP contribution is -2.33. The quantitative estimate of drug-likeness (QED) is 0.768. The van der Waals surface area contributed by atoms with Gasteiger partial charge >= 0.3 is 0 Å². The van der Waals surface area contributed by atoms with Crippen molar-refractivity contribution in [3.63, 3.8) is 0 Å². The monoisotopic (exact) mass is 267 g/mol. The molecule has 1 aromatic carbocycles. The molecular formula is C14H15F2NO2. The predicted octanol–water partition coefficient (Wildman–Crippen LogP) is 2.43.